The SMILES string of the molecule is [Li][CH2]CC(N)[Si](C)(C)C. The van der Waals surface area contributed by atoms with Crippen molar-refractivity contribution in [1.29, 1.82) is 0 Å². The zero-order valence-corrected chi connectivity index (χ0v) is 8.07. The Hall–Kier alpha value is 0.774. The van der Waals surface area contributed by atoms with E-state index in [0.29, 0.717) is 5.67 Å². The molecule has 0 aromatic carbocycles. The van der Waals surface area contributed by atoms with E-state index in [0.717, 1.165) is 0 Å². The van der Waals surface area contributed by atoms with Crippen LogP contribution in [0.5, 0.6) is 0 Å². The van der Waals surface area contributed by atoms with Gasteiger partial charge in [0.25, 0.3) is 0 Å². The molecule has 9 heavy (non-hydrogen) atoms. The molecule has 0 amide bonds. The monoisotopic (exact) mass is 137 g/mol. The van der Waals surface area contributed by atoms with Gasteiger partial charge in [-0.3, -0.25) is 0 Å². The second-order valence-electron chi connectivity index (χ2n) is 3.76. The van der Waals surface area contributed by atoms with Crippen molar-refractivity contribution in [3.63, 3.8) is 0 Å². The molecule has 0 aromatic rings. The van der Waals surface area contributed by atoms with E-state index in [9.17, 15) is 0 Å². The Morgan fingerprint density at radius 3 is 2.00 bits per heavy atom. The molecule has 0 bridgehead atoms. The molecule has 50 valence electrons. The Labute approximate surface area is 68.6 Å². The fraction of sp³-hybridized carbons (Fsp3) is 1.00. The summed E-state index contributed by atoms with van der Waals surface area (Å²) in [5, 5.41) is 1.23. The Kier molecular flexibility index (Phi) is 4.15. The molecule has 0 spiro atoms. The third-order valence-corrected chi connectivity index (χ3v) is 4.23. The first kappa shape index (κ1) is 9.77. The molecule has 1 unspecified atom stereocenters. The van der Waals surface area contributed by atoms with Gasteiger partial charge in [0.1, 0.15) is 0 Å². The van der Waals surface area contributed by atoms with Crippen LogP contribution in [0.25, 0.3) is 0 Å². The quantitative estimate of drug-likeness (QED) is 0.580. The van der Waals surface area contributed by atoms with Crippen LogP contribution in [0.15, 0.2) is 0 Å². The molecule has 3 heteroatoms. The molecule has 0 fully saturated rings. The number of rotatable bonds is 3. The number of hydrogen-bond donors (Lipinski definition) is 1. The van der Waals surface area contributed by atoms with Crippen molar-refractivity contribution in [1.82, 2.24) is 0 Å². The van der Waals surface area contributed by atoms with Crippen LogP contribution in [0.1, 0.15) is 6.42 Å². The molecule has 0 rings (SSSR count). The normalized spacial score (nSPS) is 15.8. The predicted octanol–water partition coefficient (Wildman–Crippen LogP) is 1.17. The molecule has 0 aliphatic heterocycles. The van der Waals surface area contributed by atoms with Crippen molar-refractivity contribution in [2.24, 2.45) is 5.73 Å². The maximum atomic E-state index is 5.92. The van der Waals surface area contributed by atoms with E-state index in [4.69, 9.17) is 5.73 Å². The topological polar surface area (TPSA) is 26.0 Å². The third-order valence-electron chi connectivity index (χ3n) is 1.71. The summed E-state index contributed by atoms with van der Waals surface area (Å²) in [4.78, 5) is 0. The Bertz CT molecular complexity index is 79.6. The second kappa shape index (κ2) is 3.83. The molecule has 0 radical (unpaired) electrons. The van der Waals surface area contributed by atoms with Crippen LogP contribution in [0.3, 0.4) is 0 Å². The summed E-state index contributed by atoms with van der Waals surface area (Å²) in [5.74, 6) is 0. The summed E-state index contributed by atoms with van der Waals surface area (Å²) in [5.41, 5.74) is 6.43. The van der Waals surface area contributed by atoms with Crippen molar-refractivity contribution in [2.45, 2.75) is 36.8 Å². The molecule has 1 atom stereocenters. The van der Waals surface area contributed by atoms with Gasteiger partial charge in [-0.15, -0.1) is 0 Å². The van der Waals surface area contributed by atoms with E-state index in [-0.39, 0.29) is 0 Å². The van der Waals surface area contributed by atoms with Crippen molar-refractivity contribution in [3.8, 4) is 0 Å². The fourth-order valence-electron chi connectivity index (χ4n) is 0.744. The van der Waals surface area contributed by atoms with Crippen molar-refractivity contribution in [3.05, 3.63) is 0 Å². The first-order valence-electron chi connectivity index (χ1n) is 3.74. The van der Waals surface area contributed by atoms with Crippen LogP contribution in [-0.4, -0.2) is 31.5 Å². The fourth-order valence-corrected chi connectivity index (χ4v) is 1.90. The van der Waals surface area contributed by atoms with Crippen LogP contribution in [0, 0.1) is 0 Å². The van der Waals surface area contributed by atoms with Gasteiger partial charge < -0.3 is 0 Å². The van der Waals surface area contributed by atoms with E-state index in [1.807, 2.05) is 0 Å². The zero-order valence-electron chi connectivity index (χ0n) is 7.07. The predicted molar refractivity (Wildman–Crippen MR) is 46.5 cm³/mol. The van der Waals surface area contributed by atoms with Crippen LogP contribution in [0.4, 0.5) is 0 Å². The number of hydrogen-bond acceptors (Lipinski definition) is 1. The summed E-state index contributed by atoms with van der Waals surface area (Å²) in [6.07, 6.45) is 1.20. The van der Waals surface area contributed by atoms with E-state index in [2.05, 4.69) is 37.4 Å². The van der Waals surface area contributed by atoms with Gasteiger partial charge in [0, 0.05) is 0 Å². The van der Waals surface area contributed by atoms with Gasteiger partial charge in [-0.2, -0.15) is 0 Å². The first-order chi connectivity index (χ1) is 3.98. The molecule has 2 N–H and O–H groups in total. The van der Waals surface area contributed by atoms with Crippen molar-refractivity contribution in [2.75, 3.05) is 0 Å². The molecular weight excluding hydrogens is 121 g/mol. The minimum atomic E-state index is -1.00. The molecule has 0 aliphatic rings. The second-order valence-corrected chi connectivity index (χ2v) is 9.23. The molecule has 1 nitrogen and oxygen atoms in total. The van der Waals surface area contributed by atoms with Crippen LogP contribution < -0.4 is 5.73 Å². The Morgan fingerprint density at radius 1 is 1.44 bits per heavy atom. The van der Waals surface area contributed by atoms with Crippen molar-refractivity contribution < 1.29 is 0 Å². The summed E-state index contributed by atoms with van der Waals surface area (Å²) in [6.45, 7) is 6.98. The van der Waals surface area contributed by atoms with Crippen LogP contribution in [0.2, 0.25) is 24.7 Å². The summed E-state index contributed by atoms with van der Waals surface area (Å²) >= 11 is 2.19. The Morgan fingerprint density at radius 2 is 1.89 bits per heavy atom. The van der Waals surface area contributed by atoms with Gasteiger partial charge in [0.15, 0.2) is 0 Å². The van der Waals surface area contributed by atoms with Gasteiger partial charge >= 0.3 is 68.3 Å². The van der Waals surface area contributed by atoms with Gasteiger partial charge in [-0.05, 0) is 0 Å². The van der Waals surface area contributed by atoms with Gasteiger partial charge in [0.05, 0.1) is 0 Å². The molecule has 0 aromatic heterocycles. The molecule has 0 saturated heterocycles. The third kappa shape index (κ3) is 4.21. The summed E-state index contributed by atoms with van der Waals surface area (Å²) in [6, 6.07) is 0. The van der Waals surface area contributed by atoms with E-state index < -0.39 is 8.07 Å². The Balaban J connectivity index is 3.59. The molecule has 0 heterocycles. The summed E-state index contributed by atoms with van der Waals surface area (Å²) < 4.78 is 0. The molecular formula is C6H16LiNSi. The van der Waals surface area contributed by atoms with Gasteiger partial charge in [-0.25, -0.2) is 0 Å². The average molecular weight is 137 g/mol. The average Bonchev–Trinajstić information content (AvgIpc) is 1.64. The van der Waals surface area contributed by atoms with Gasteiger partial charge in [-0.1, -0.05) is 0 Å². The minimum absolute atomic E-state index is 0.502. The van der Waals surface area contributed by atoms with E-state index in [1.54, 1.807) is 0 Å². The molecule has 0 aliphatic carbocycles. The zero-order chi connectivity index (χ0) is 7.49. The van der Waals surface area contributed by atoms with E-state index >= 15 is 0 Å². The van der Waals surface area contributed by atoms with Gasteiger partial charge in [0.2, 0.25) is 0 Å². The number of nitrogens with two attached hydrogens (primary N) is 1. The van der Waals surface area contributed by atoms with Crippen LogP contribution >= 0.6 is 0 Å². The summed E-state index contributed by atoms with van der Waals surface area (Å²) in [7, 11) is -1.00. The first-order valence-corrected chi connectivity index (χ1v) is 7.31. The standard InChI is InChI=1S/C6H16NSi.Li/c1-5-6(7)8(2,3)4;/h6H,1,5,7H2,2-4H3;. The molecule has 0 saturated carbocycles. The van der Waals surface area contributed by atoms with E-state index in [1.165, 1.54) is 11.5 Å². The van der Waals surface area contributed by atoms with Crippen LogP contribution in [-0.2, 0) is 0 Å². The van der Waals surface area contributed by atoms with Crippen molar-refractivity contribution >= 4 is 25.8 Å². The maximum absolute atomic E-state index is 5.92.